The minimum atomic E-state index is -0.472. The van der Waals surface area contributed by atoms with E-state index in [1.807, 2.05) is 47.1 Å². The van der Waals surface area contributed by atoms with Crippen LogP contribution >= 0.6 is 0 Å². The summed E-state index contributed by atoms with van der Waals surface area (Å²) in [5.41, 5.74) is 1.47. The third-order valence-electron chi connectivity index (χ3n) is 7.46. The van der Waals surface area contributed by atoms with Crippen LogP contribution in [0.2, 0.25) is 0 Å². The van der Waals surface area contributed by atoms with Crippen molar-refractivity contribution in [3.05, 3.63) is 53.6 Å². The molecular weight excluding hydrogens is 444 g/mol. The molecule has 1 heterocycles. The number of amides is 2. The summed E-state index contributed by atoms with van der Waals surface area (Å²) in [4.78, 5) is 31.5. The van der Waals surface area contributed by atoms with E-state index in [-0.39, 0.29) is 17.9 Å². The number of fused-ring (bicyclic) bond motifs is 1. The van der Waals surface area contributed by atoms with Gasteiger partial charge in [0, 0.05) is 19.1 Å². The standard InChI is InChI=1S/C28H36N2O5/c1-5-29(18-19-14-15-25(34-3)26(16-19)35-4)28(32)23-17-20-10-6-8-12-22(20)30(23)27(31)21-11-7-9-13-24(21)33-2/h7,9,11,13-16,20,22-23H,5-6,8,10,12,17-18H2,1-4H3. The van der Waals surface area contributed by atoms with Gasteiger partial charge in [0.2, 0.25) is 5.91 Å². The average molecular weight is 481 g/mol. The molecule has 1 aliphatic carbocycles. The van der Waals surface area contributed by atoms with Crippen LogP contribution in [0.25, 0.3) is 0 Å². The molecule has 2 aromatic carbocycles. The number of para-hydroxylation sites is 1. The minimum absolute atomic E-state index is 0.0000622. The van der Waals surface area contributed by atoms with Crippen molar-refractivity contribution in [1.82, 2.24) is 9.80 Å². The number of rotatable bonds is 8. The topological polar surface area (TPSA) is 68.3 Å². The molecule has 0 aromatic heterocycles. The van der Waals surface area contributed by atoms with Crippen molar-refractivity contribution in [2.45, 2.75) is 57.7 Å². The normalized spacial score (nSPS) is 21.3. The molecule has 0 N–H and O–H groups in total. The maximum atomic E-state index is 13.9. The predicted molar refractivity (Wildman–Crippen MR) is 134 cm³/mol. The monoisotopic (exact) mass is 480 g/mol. The van der Waals surface area contributed by atoms with E-state index in [2.05, 4.69) is 0 Å². The van der Waals surface area contributed by atoms with Crippen LogP contribution in [0.5, 0.6) is 17.2 Å². The highest BCUT2D eigenvalue weighted by atomic mass is 16.5. The van der Waals surface area contributed by atoms with Gasteiger partial charge in [-0.05, 0) is 61.9 Å². The van der Waals surface area contributed by atoms with E-state index < -0.39 is 6.04 Å². The van der Waals surface area contributed by atoms with E-state index in [1.165, 1.54) is 0 Å². The van der Waals surface area contributed by atoms with Crippen LogP contribution in [-0.4, -0.2) is 61.6 Å². The molecule has 0 bridgehead atoms. The highest BCUT2D eigenvalue weighted by Crippen LogP contribution is 2.42. The second kappa shape index (κ2) is 11.0. The van der Waals surface area contributed by atoms with Gasteiger partial charge in [-0.15, -0.1) is 0 Å². The Morgan fingerprint density at radius 3 is 2.37 bits per heavy atom. The van der Waals surface area contributed by atoms with Gasteiger partial charge in [0.05, 0.1) is 26.9 Å². The van der Waals surface area contributed by atoms with Gasteiger partial charge in [0.1, 0.15) is 11.8 Å². The summed E-state index contributed by atoms with van der Waals surface area (Å²) in [7, 11) is 4.78. The third kappa shape index (κ3) is 4.95. The van der Waals surface area contributed by atoms with E-state index in [9.17, 15) is 9.59 Å². The van der Waals surface area contributed by atoms with E-state index in [0.717, 1.165) is 31.2 Å². The molecule has 1 saturated carbocycles. The molecular formula is C28H36N2O5. The largest absolute Gasteiger partial charge is 0.496 e. The Balaban J connectivity index is 1.62. The van der Waals surface area contributed by atoms with Crippen LogP contribution in [-0.2, 0) is 11.3 Å². The Hall–Kier alpha value is -3.22. The van der Waals surface area contributed by atoms with Crippen molar-refractivity contribution in [2.24, 2.45) is 5.92 Å². The molecule has 0 radical (unpaired) electrons. The van der Waals surface area contributed by atoms with Crippen LogP contribution in [0.15, 0.2) is 42.5 Å². The van der Waals surface area contributed by atoms with Gasteiger partial charge >= 0.3 is 0 Å². The molecule has 7 heteroatoms. The fourth-order valence-electron chi connectivity index (χ4n) is 5.69. The fourth-order valence-corrected chi connectivity index (χ4v) is 5.69. The van der Waals surface area contributed by atoms with Crippen molar-refractivity contribution >= 4 is 11.8 Å². The lowest BCUT2D eigenvalue weighted by molar-refractivity contribution is -0.136. The van der Waals surface area contributed by atoms with E-state index in [1.54, 1.807) is 33.5 Å². The number of carbonyl (C=O) groups excluding carboxylic acids is 2. The number of hydrogen-bond acceptors (Lipinski definition) is 5. The number of nitrogens with zero attached hydrogens (tertiary/aromatic N) is 2. The van der Waals surface area contributed by atoms with Gasteiger partial charge in [-0.1, -0.05) is 31.0 Å². The van der Waals surface area contributed by atoms with Crippen molar-refractivity contribution in [3.8, 4) is 17.2 Å². The Kier molecular flexibility index (Phi) is 7.83. The Morgan fingerprint density at radius 2 is 1.66 bits per heavy atom. The van der Waals surface area contributed by atoms with Gasteiger partial charge in [-0.2, -0.15) is 0 Å². The summed E-state index contributed by atoms with van der Waals surface area (Å²) < 4.78 is 16.3. The third-order valence-corrected chi connectivity index (χ3v) is 7.46. The zero-order valence-electron chi connectivity index (χ0n) is 21.2. The molecule has 4 rings (SSSR count). The number of benzene rings is 2. The van der Waals surface area contributed by atoms with Crippen molar-refractivity contribution in [2.75, 3.05) is 27.9 Å². The summed E-state index contributed by atoms with van der Waals surface area (Å²) in [6.45, 7) is 2.97. The van der Waals surface area contributed by atoms with Crippen molar-refractivity contribution in [1.29, 1.82) is 0 Å². The lowest BCUT2D eigenvalue weighted by Gasteiger charge is -2.35. The van der Waals surface area contributed by atoms with Gasteiger partial charge in [-0.3, -0.25) is 9.59 Å². The SMILES string of the molecule is CCN(Cc1ccc(OC)c(OC)c1)C(=O)C1CC2CCCCC2N1C(=O)c1ccccc1OC. The molecule has 188 valence electrons. The minimum Gasteiger partial charge on any atom is -0.496 e. The number of likely N-dealkylation sites (tertiary alicyclic amines) is 1. The number of carbonyl (C=O) groups is 2. The first-order valence-electron chi connectivity index (χ1n) is 12.5. The molecule has 3 atom stereocenters. The summed E-state index contributed by atoms with van der Waals surface area (Å²) in [6, 6.07) is 12.6. The van der Waals surface area contributed by atoms with Gasteiger partial charge < -0.3 is 24.0 Å². The quantitative estimate of drug-likeness (QED) is 0.555. The van der Waals surface area contributed by atoms with Crippen LogP contribution < -0.4 is 14.2 Å². The summed E-state index contributed by atoms with van der Waals surface area (Å²) in [6.07, 6.45) is 4.96. The van der Waals surface area contributed by atoms with Crippen LogP contribution in [0.4, 0.5) is 0 Å². The first-order valence-corrected chi connectivity index (χ1v) is 12.5. The molecule has 0 spiro atoms. The first kappa shape index (κ1) is 24.9. The molecule has 35 heavy (non-hydrogen) atoms. The molecule has 2 fully saturated rings. The molecule has 2 amide bonds. The van der Waals surface area contributed by atoms with Gasteiger partial charge in [-0.25, -0.2) is 0 Å². The molecule has 3 unspecified atom stereocenters. The molecule has 2 aromatic rings. The summed E-state index contributed by atoms with van der Waals surface area (Å²) in [5, 5.41) is 0. The zero-order valence-corrected chi connectivity index (χ0v) is 21.2. The maximum absolute atomic E-state index is 13.9. The number of ether oxygens (including phenoxy) is 3. The number of likely N-dealkylation sites (N-methyl/N-ethyl adjacent to an activating group) is 1. The highest BCUT2D eigenvalue weighted by Gasteiger charge is 2.48. The second-order valence-electron chi connectivity index (χ2n) is 9.32. The smallest absolute Gasteiger partial charge is 0.258 e. The number of hydrogen-bond donors (Lipinski definition) is 0. The fraction of sp³-hybridized carbons (Fsp3) is 0.500. The second-order valence-corrected chi connectivity index (χ2v) is 9.32. The predicted octanol–water partition coefficient (Wildman–Crippen LogP) is 4.53. The maximum Gasteiger partial charge on any atom is 0.258 e. The Bertz CT molecular complexity index is 1060. The molecule has 1 aliphatic heterocycles. The molecule has 7 nitrogen and oxygen atoms in total. The average Bonchev–Trinajstić information content (AvgIpc) is 3.30. The van der Waals surface area contributed by atoms with Crippen molar-refractivity contribution < 1.29 is 23.8 Å². The van der Waals surface area contributed by atoms with E-state index >= 15 is 0 Å². The highest BCUT2D eigenvalue weighted by molar-refractivity contribution is 6.00. The van der Waals surface area contributed by atoms with Crippen LogP contribution in [0.3, 0.4) is 0 Å². The van der Waals surface area contributed by atoms with Crippen LogP contribution in [0.1, 0.15) is 54.9 Å². The van der Waals surface area contributed by atoms with Crippen molar-refractivity contribution in [3.63, 3.8) is 0 Å². The van der Waals surface area contributed by atoms with Gasteiger partial charge in [0.25, 0.3) is 5.91 Å². The summed E-state index contributed by atoms with van der Waals surface area (Å²) in [5.74, 6) is 2.07. The lowest BCUT2D eigenvalue weighted by Crippen LogP contribution is -2.50. The van der Waals surface area contributed by atoms with Crippen LogP contribution in [0, 0.1) is 5.92 Å². The number of methoxy groups -OCH3 is 3. The summed E-state index contributed by atoms with van der Waals surface area (Å²) >= 11 is 0. The molecule has 2 aliphatic rings. The van der Waals surface area contributed by atoms with E-state index in [0.29, 0.717) is 48.2 Å². The van der Waals surface area contributed by atoms with Gasteiger partial charge in [0.15, 0.2) is 11.5 Å². The van der Waals surface area contributed by atoms with E-state index in [4.69, 9.17) is 14.2 Å². The molecule has 1 saturated heterocycles. The Morgan fingerprint density at radius 1 is 0.943 bits per heavy atom. The zero-order chi connectivity index (χ0) is 24.9. The lowest BCUT2D eigenvalue weighted by atomic mass is 9.84. The Labute approximate surface area is 207 Å². The first-order chi connectivity index (χ1) is 17.0.